The minimum Gasteiger partial charge on any atom is -0.352 e. The molecule has 9 heteroatoms. The number of nitrogens with zero attached hydrogens (tertiary/aromatic N) is 5. The van der Waals surface area contributed by atoms with E-state index in [1.807, 2.05) is 66.4 Å². The topological polar surface area (TPSA) is 91.3 Å². The van der Waals surface area contributed by atoms with E-state index in [0.717, 1.165) is 16.9 Å². The Morgan fingerprint density at radius 2 is 1.71 bits per heavy atom. The molecular formula is C22H24N6O2S. The zero-order chi connectivity index (χ0) is 21.7. The molecule has 0 spiro atoms. The number of pyridine rings is 1. The zero-order valence-electron chi connectivity index (χ0n) is 17.2. The molecule has 0 atom stereocenters. The molecule has 0 saturated carbocycles. The summed E-state index contributed by atoms with van der Waals surface area (Å²) in [6.45, 7) is 3.91. The number of aromatic nitrogens is 3. The van der Waals surface area contributed by atoms with Gasteiger partial charge in [-0.1, -0.05) is 30.3 Å². The maximum atomic E-state index is 12.6. The van der Waals surface area contributed by atoms with E-state index < -0.39 is 10.0 Å². The number of benzene rings is 1. The number of piperazine rings is 1. The van der Waals surface area contributed by atoms with Crippen molar-refractivity contribution in [3.8, 4) is 0 Å². The number of sulfonamides is 1. The maximum absolute atomic E-state index is 12.6. The van der Waals surface area contributed by atoms with Gasteiger partial charge >= 0.3 is 0 Å². The van der Waals surface area contributed by atoms with E-state index in [2.05, 4.69) is 20.5 Å². The van der Waals surface area contributed by atoms with Crippen LogP contribution in [0.15, 0.2) is 66.2 Å². The predicted molar refractivity (Wildman–Crippen MR) is 122 cm³/mol. The van der Waals surface area contributed by atoms with E-state index >= 15 is 0 Å². The van der Waals surface area contributed by atoms with Crippen LogP contribution in [0.25, 0.3) is 6.08 Å². The van der Waals surface area contributed by atoms with Gasteiger partial charge in [-0.15, -0.1) is 10.2 Å². The van der Waals surface area contributed by atoms with E-state index in [1.54, 1.807) is 12.3 Å². The molecule has 31 heavy (non-hydrogen) atoms. The van der Waals surface area contributed by atoms with Crippen molar-refractivity contribution >= 4 is 33.6 Å². The van der Waals surface area contributed by atoms with Crippen molar-refractivity contribution in [3.63, 3.8) is 0 Å². The van der Waals surface area contributed by atoms with Crippen LogP contribution in [0.4, 0.5) is 17.5 Å². The standard InChI is InChI=1S/C22H24N6O2S/c1-18-9-11-23-21(17-18)24-20-7-8-22(26-25-20)27-12-14-28(15-13-27)31(29,30)16-10-19-5-3-2-4-6-19/h2-11,16-17H,12-15H2,1H3,(H,23,24,25)/b16-10+. The molecule has 3 heterocycles. The van der Waals surface area contributed by atoms with E-state index in [0.29, 0.717) is 37.8 Å². The first-order valence-corrected chi connectivity index (χ1v) is 11.5. The van der Waals surface area contributed by atoms with E-state index in [-0.39, 0.29) is 0 Å². The maximum Gasteiger partial charge on any atom is 0.236 e. The zero-order valence-corrected chi connectivity index (χ0v) is 18.0. The Morgan fingerprint density at radius 1 is 0.935 bits per heavy atom. The number of rotatable bonds is 6. The van der Waals surface area contributed by atoms with Crippen LogP contribution in [-0.4, -0.2) is 54.1 Å². The average Bonchev–Trinajstić information content (AvgIpc) is 2.79. The molecule has 0 aliphatic carbocycles. The summed E-state index contributed by atoms with van der Waals surface area (Å²) in [7, 11) is -3.46. The van der Waals surface area contributed by atoms with Gasteiger partial charge < -0.3 is 10.2 Å². The first kappa shape index (κ1) is 21.0. The van der Waals surface area contributed by atoms with Gasteiger partial charge in [0.15, 0.2) is 11.6 Å². The van der Waals surface area contributed by atoms with Crippen LogP contribution in [-0.2, 0) is 10.0 Å². The van der Waals surface area contributed by atoms with E-state index in [4.69, 9.17) is 0 Å². The molecule has 0 bridgehead atoms. The molecule has 2 aromatic heterocycles. The molecule has 0 radical (unpaired) electrons. The normalized spacial score (nSPS) is 15.3. The molecule has 3 aromatic rings. The van der Waals surface area contributed by atoms with E-state index in [9.17, 15) is 8.42 Å². The fraction of sp³-hybridized carbons (Fsp3) is 0.227. The number of nitrogens with one attached hydrogen (secondary N) is 1. The highest BCUT2D eigenvalue weighted by molar-refractivity contribution is 7.92. The smallest absolute Gasteiger partial charge is 0.236 e. The number of hydrogen-bond acceptors (Lipinski definition) is 7. The third-order valence-corrected chi connectivity index (χ3v) is 6.54. The molecule has 0 amide bonds. The minimum absolute atomic E-state index is 0.399. The summed E-state index contributed by atoms with van der Waals surface area (Å²) < 4.78 is 26.7. The second kappa shape index (κ2) is 9.23. The van der Waals surface area contributed by atoms with Gasteiger partial charge in [0.2, 0.25) is 10.0 Å². The third-order valence-electron chi connectivity index (χ3n) is 4.98. The summed E-state index contributed by atoms with van der Waals surface area (Å²) in [5.74, 6) is 2.04. The molecule has 1 fully saturated rings. The average molecular weight is 437 g/mol. The lowest BCUT2D eigenvalue weighted by Gasteiger charge is -2.33. The summed E-state index contributed by atoms with van der Waals surface area (Å²) in [6.07, 6.45) is 3.37. The summed E-state index contributed by atoms with van der Waals surface area (Å²) in [6, 6.07) is 17.0. The number of aryl methyl sites for hydroxylation is 1. The third kappa shape index (κ3) is 5.44. The Bertz CT molecular complexity index is 1140. The van der Waals surface area contributed by atoms with Crippen molar-refractivity contribution in [2.24, 2.45) is 0 Å². The molecular weight excluding hydrogens is 412 g/mol. The van der Waals surface area contributed by atoms with Gasteiger partial charge in [0.05, 0.1) is 0 Å². The first-order chi connectivity index (χ1) is 15.0. The summed E-state index contributed by atoms with van der Waals surface area (Å²) in [5.41, 5.74) is 1.96. The lowest BCUT2D eigenvalue weighted by Crippen LogP contribution is -2.48. The van der Waals surface area contributed by atoms with Gasteiger partial charge in [0, 0.05) is 37.8 Å². The SMILES string of the molecule is Cc1ccnc(Nc2ccc(N3CCN(S(=O)(=O)/C=C/c4ccccc4)CC3)nn2)c1. The largest absolute Gasteiger partial charge is 0.352 e. The second-order valence-corrected chi connectivity index (χ2v) is 9.08. The lowest BCUT2D eigenvalue weighted by atomic mass is 10.2. The summed E-state index contributed by atoms with van der Waals surface area (Å²) >= 11 is 0. The van der Waals surface area contributed by atoms with Crippen LogP contribution in [0.3, 0.4) is 0 Å². The Hall–Kier alpha value is -3.30. The predicted octanol–water partition coefficient (Wildman–Crippen LogP) is 3.05. The van der Waals surface area contributed by atoms with Gasteiger partial charge in [0.25, 0.3) is 0 Å². The van der Waals surface area contributed by atoms with Crippen LogP contribution >= 0.6 is 0 Å². The van der Waals surface area contributed by atoms with Crippen LogP contribution in [0.2, 0.25) is 0 Å². The number of hydrogen-bond donors (Lipinski definition) is 1. The van der Waals surface area contributed by atoms with Gasteiger partial charge in [-0.2, -0.15) is 4.31 Å². The first-order valence-electron chi connectivity index (χ1n) is 10.0. The van der Waals surface area contributed by atoms with Gasteiger partial charge in [-0.05, 0) is 48.4 Å². The highest BCUT2D eigenvalue weighted by Gasteiger charge is 2.25. The minimum atomic E-state index is -3.46. The molecule has 8 nitrogen and oxygen atoms in total. The summed E-state index contributed by atoms with van der Waals surface area (Å²) in [5, 5.41) is 12.9. The van der Waals surface area contributed by atoms with Crippen molar-refractivity contribution in [3.05, 3.63) is 77.3 Å². The Morgan fingerprint density at radius 3 is 2.39 bits per heavy atom. The molecule has 1 aliphatic rings. The fourth-order valence-corrected chi connectivity index (χ4v) is 4.46. The van der Waals surface area contributed by atoms with Crippen LogP contribution in [0.5, 0.6) is 0 Å². The summed E-state index contributed by atoms with van der Waals surface area (Å²) in [4.78, 5) is 6.29. The van der Waals surface area contributed by atoms with Crippen molar-refractivity contribution in [2.45, 2.75) is 6.92 Å². The Labute approximate surface area is 182 Å². The van der Waals surface area contributed by atoms with Gasteiger partial charge in [-0.25, -0.2) is 13.4 Å². The molecule has 1 saturated heterocycles. The second-order valence-electron chi connectivity index (χ2n) is 7.26. The van der Waals surface area contributed by atoms with Crippen molar-refractivity contribution < 1.29 is 8.42 Å². The van der Waals surface area contributed by atoms with Crippen molar-refractivity contribution in [2.75, 3.05) is 36.4 Å². The van der Waals surface area contributed by atoms with Crippen LogP contribution in [0.1, 0.15) is 11.1 Å². The van der Waals surface area contributed by atoms with Gasteiger partial charge in [-0.3, -0.25) is 0 Å². The molecule has 1 N–H and O–H groups in total. The molecule has 4 rings (SSSR count). The Kier molecular flexibility index (Phi) is 6.24. The molecule has 1 aliphatic heterocycles. The molecule has 160 valence electrons. The quantitative estimate of drug-likeness (QED) is 0.635. The van der Waals surface area contributed by atoms with Crippen molar-refractivity contribution in [1.82, 2.24) is 19.5 Å². The fourth-order valence-electron chi connectivity index (χ4n) is 3.28. The van der Waals surface area contributed by atoms with Crippen molar-refractivity contribution in [1.29, 1.82) is 0 Å². The van der Waals surface area contributed by atoms with Gasteiger partial charge in [0.1, 0.15) is 5.82 Å². The monoisotopic (exact) mass is 436 g/mol. The van der Waals surface area contributed by atoms with Crippen LogP contribution < -0.4 is 10.2 Å². The number of anilines is 3. The molecule has 1 aromatic carbocycles. The molecule has 0 unspecified atom stereocenters. The highest BCUT2D eigenvalue weighted by atomic mass is 32.2. The highest BCUT2D eigenvalue weighted by Crippen LogP contribution is 2.18. The van der Waals surface area contributed by atoms with E-state index in [1.165, 1.54) is 9.71 Å². The Balaban J connectivity index is 1.34. The lowest BCUT2D eigenvalue weighted by molar-refractivity contribution is 0.388. The van der Waals surface area contributed by atoms with Crippen LogP contribution in [0, 0.1) is 6.92 Å².